The smallest absolute Gasteiger partial charge is 0.343 e. The minimum absolute atomic E-state index is 0.0479. The molecule has 28 heavy (non-hydrogen) atoms. The van der Waals surface area contributed by atoms with Gasteiger partial charge in [0.25, 0.3) is 0 Å². The summed E-state index contributed by atoms with van der Waals surface area (Å²) in [4.78, 5) is 13.9. The van der Waals surface area contributed by atoms with Gasteiger partial charge in [-0.05, 0) is 19.9 Å². The highest BCUT2D eigenvalue weighted by Gasteiger charge is 2.38. The molecule has 1 unspecified atom stereocenters. The van der Waals surface area contributed by atoms with Crippen LogP contribution in [0.5, 0.6) is 17.2 Å². The maximum absolute atomic E-state index is 12.5. The highest BCUT2D eigenvalue weighted by atomic mass is 32.1. The van der Waals surface area contributed by atoms with Crippen LogP contribution in [0.15, 0.2) is 29.7 Å². The molecule has 0 saturated heterocycles. The average Bonchev–Trinajstić information content (AvgIpc) is 3.01. The Balaban J connectivity index is 2.28. The Morgan fingerprint density at radius 2 is 2.11 bits per heavy atom. The maximum atomic E-state index is 12.5. The van der Waals surface area contributed by atoms with Gasteiger partial charge in [-0.3, -0.25) is 0 Å². The Morgan fingerprint density at radius 1 is 1.36 bits per heavy atom. The summed E-state index contributed by atoms with van der Waals surface area (Å²) in [7, 11) is 3.07. The van der Waals surface area contributed by atoms with E-state index in [9.17, 15) is 10.1 Å². The number of allylic oxidation sites excluding steroid dienone is 1. The van der Waals surface area contributed by atoms with Crippen LogP contribution in [0, 0.1) is 18.3 Å². The van der Waals surface area contributed by atoms with Crippen molar-refractivity contribution in [3.63, 3.8) is 0 Å². The van der Waals surface area contributed by atoms with Crippen LogP contribution in [0.2, 0.25) is 0 Å². The number of carbonyl (C=O) groups is 1. The molecule has 1 aromatic carbocycles. The van der Waals surface area contributed by atoms with Gasteiger partial charge in [-0.25, -0.2) is 4.79 Å². The number of hydrogen-bond acceptors (Lipinski definition) is 8. The lowest BCUT2D eigenvalue weighted by molar-refractivity contribution is 0.0522. The number of para-hydroxylation sites is 1. The van der Waals surface area contributed by atoms with Crippen molar-refractivity contribution in [3.05, 3.63) is 50.5 Å². The molecule has 3 rings (SSSR count). The van der Waals surface area contributed by atoms with Gasteiger partial charge in [0.1, 0.15) is 17.2 Å². The number of rotatable bonds is 5. The summed E-state index contributed by atoms with van der Waals surface area (Å²) in [5, 5.41) is 9.75. The summed E-state index contributed by atoms with van der Waals surface area (Å²) < 4.78 is 21.8. The topological polar surface area (TPSA) is 104 Å². The predicted molar refractivity (Wildman–Crippen MR) is 104 cm³/mol. The van der Waals surface area contributed by atoms with Crippen molar-refractivity contribution in [2.24, 2.45) is 5.73 Å². The fraction of sp³-hybridized carbons (Fsp3) is 0.300. The standard InChI is InChI=1S/C20H20N2O5S/c1-5-26-20(23)14-10(2)28-18-15(12(9-21)19(22)27-17(14)18)11-7-6-8-13(24-3)16(11)25-4/h6-8,15H,5,22H2,1-4H3. The van der Waals surface area contributed by atoms with Gasteiger partial charge in [0, 0.05) is 10.4 Å². The minimum atomic E-state index is -0.550. The predicted octanol–water partition coefficient (Wildman–Crippen LogP) is 3.47. The number of benzene rings is 1. The van der Waals surface area contributed by atoms with Gasteiger partial charge >= 0.3 is 5.97 Å². The number of nitrogens with zero attached hydrogens (tertiary/aromatic N) is 1. The van der Waals surface area contributed by atoms with Gasteiger partial charge in [0.2, 0.25) is 5.88 Å². The highest BCUT2D eigenvalue weighted by Crippen LogP contribution is 2.52. The molecule has 8 heteroatoms. The molecular weight excluding hydrogens is 380 g/mol. The van der Waals surface area contributed by atoms with Crippen LogP contribution in [-0.2, 0) is 4.74 Å². The molecule has 7 nitrogen and oxygen atoms in total. The molecule has 1 aliphatic rings. The van der Waals surface area contributed by atoms with E-state index in [1.165, 1.54) is 18.4 Å². The number of ether oxygens (including phenoxy) is 4. The first-order valence-corrected chi connectivity index (χ1v) is 9.38. The Labute approximate surface area is 166 Å². The van der Waals surface area contributed by atoms with E-state index in [-0.39, 0.29) is 18.1 Å². The molecule has 1 atom stereocenters. The summed E-state index contributed by atoms with van der Waals surface area (Å²) >= 11 is 1.36. The first kappa shape index (κ1) is 19.6. The molecule has 2 N–H and O–H groups in total. The van der Waals surface area contributed by atoms with Gasteiger partial charge in [-0.15, -0.1) is 11.3 Å². The number of fused-ring (bicyclic) bond motifs is 1. The number of hydrogen-bond donors (Lipinski definition) is 1. The largest absolute Gasteiger partial charge is 0.493 e. The monoisotopic (exact) mass is 400 g/mol. The number of aryl methyl sites for hydroxylation is 1. The molecule has 0 fully saturated rings. The Morgan fingerprint density at radius 3 is 2.71 bits per heavy atom. The second kappa shape index (κ2) is 7.82. The van der Waals surface area contributed by atoms with E-state index >= 15 is 0 Å². The zero-order valence-electron chi connectivity index (χ0n) is 16.0. The Kier molecular flexibility index (Phi) is 5.47. The lowest BCUT2D eigenvalue weighted by Gasteiger charge is -2.26. The second-order valence-electron chi connectivity index (χ2n) is 5.95. The van der Waals surface area contributed by atoms with Crippen LogP contribution in [0.3, 0.4) is 0 Å². The fourth-order valence-corrected chi connectivity index (χ4v) is 4.48. The van der Waals surface area contributed by atoms with Gasteiger partial charge in [0.05, 0.1) is 31.6 Å². The molecule has 146 valence electrons. The minimum Gasteiger partial charge on any atom is -0.493 e. The summed E-state index contributed by atoms with van der Waals surface area (Å²) in [6, 6.07) is 7.56. The fourth-order valence-electron chi connectivity index (χ4n) is 3.27. The van der Waals surface area contributed by atoms with Crippen LogP contribution in [0.1, 0.15) is 38.5 Å². The van der Waals surface area contributed by atoms with Crippen molar-refractivity contribution in [2.75, 3.05) is 20.8 Å². The first-order valence-electron chi connectivity index (χ1n) is 8.57. The van der Waals surface area contributed by atoms with Crippen LogP contribution in [0.4, 0.5) is 0 Å². The second-order valence-corrected chi connectivity index (χ2v) is 7.21. The van der Waals surface area contributed by atoms with E-state index in [1.54, 1.807) is 27.0 Å². The number of carbonyl (C=O) groups excluding carboxylic acids is 1. The van der Waals surface area contributed by atoms with Crippen molar-refractivity contribution in [1.82, 2.24) is 0 Å². The van der Waals surface area contributed by atoms with E-state index in [1.807, 2.05) is 12.1 Å². The molecule has 2 aromatic rings. The number of methoxy groups -OCH3 is 2. The van der Waals surface area contributed by atoms with Crippen molar-refractivity contribution in [1.29, 1.82) is 5.26 Å². The number of thiophene rings is 1. The molecular formula is C20H20N2O5S. The summed E-state index contributed by atoms with van der Waals surface area (Å²) in [6.07, 6.45) is 0. The lowest BCUT2D eigenvalue weighted by atomic mass is 9.87. The maximum Gasteiger partial charge on any atom is 0.343 e. The molecule has 0 spiro atoms. The molecule has 0 amide bonds. The summed E-state index contributed by atoms with van der Waals surface area (Å²) in [6.45, 7) is 3.78. The Hall–Kier alpha value is -3.18. The Bertz CT molecular complexity index is 1000. The summed E-state index contributed by atoms with van der Waals surface area (Å²) in [5.74, 6) is 0.267. The number of esters is 1. The lowest BCUT2D eigenvalue weighted by Crippen LogP contribution is -2.21. The van der Waals surface area contributed by atoms with E-state index in [0.717, 1.165) is 4.88 Å². The average molecular weight is 400 g/mol. The highest BCUT2D eigenvalue weighted by molar-refractivity contribution is 7.12. The third-order valence-electron chi connectivity index (χ3n) is 4.44. The third-order valence-corrected chi connectivity index (χ3v) is 5.59. The summed E-state index contributed by atoms with van der Waals surface area (Å²) in [5.41, 5.74) is 7.33. The molecule has 0 aliphatic carbocycles. The molecule has 1 aliphatic heterocycles. The number of nitrogens with two attached hydrogens (primary N) is 1. The van der Waals surface area contributed by atoms with Crippen LogP contribution in [-0.4, -0.2) is 26.8 Å². The molecule has 0 radical (unpaired) electrons. The normalized spacial score (nSPS) is 15.3. The van der Waals surface area contributed by atoms with Crippen LogP contribution < -0.4 is 19.9 Å². The van der Waals surface area contributed by atoms with Gasteiger partial charge in [-0.1, -0.05) is 12.1 Å². The van der Waals surface area contributed by atoms with Gasteiger partial charge in [-0.2, -0.15) is 5.26 Å². The molecule has 1 aromatic heterocycles. The first-order chi connectivity index (χ1) is 13.5. The van der Waals surface area contributed by atoms with Crippen molar-refractivity contribution in [3.8, 4) is 23.3 Å². The van der Waals surface area contributed by atoms with Crippen molar-refractivity contribution < 1.29 is 23.7 Å². The third kappa shape index (κ3) is 3.04. The van der Waals surface area contributed by atoms with E-state index in [4.69, 9.17) is 24.7 Å². The molecule has 0 bridgehead atoms. The van der Waals surface area contributed by atoms with Gasteiger partial charge < -0.3 is 24.7 Å². The zero-order chi connectivity index (χ0) is 20.4. The van der Waals surface area contributed by atoms with E-state index in [2.05, 4.69) is 6.07 Å². The van der Waals surface area contributed by atoms with Crippen LogP contribution in [0.25, 0.3) is 0 Å². The number of nitriles is 1. The molecule has 2 heterocycles. The van der Waals surface area contributed by atoms with Crippen LogP contribution >= 0.6 is 11.3 Å². The SMILES string of the molecule is CCOC(=O)c1c(C)sc2c1OC(N)=C(C#N)C2c1cccc(OC)c1OC. The molecule has 0 saturated carbocycles. The van der Waals surface area contributed by atoms with E-state index < -0.39 is 11.9 Å². The van der Waals surface area contributed by atoms with Crippen molar-refractivity contribution in [2.45, 2.75) is 19.8 Å². The zero-order valence-corrected chi connectivity index (χ0v) is 16.8. The van der Waals surface area contributed by atoms with E-state index in [0.29, 0.717) is 33.3 Å². The quantitative estimate of drug-likeness (QED) is 0.766. The van der Waals surface area contributed by atoms with Crippen molar-refractivity contribution >= 4 is 17.3 Å². The van der Waals surface area contributed by atoms with Gasteiger partial charge in [0.15, 0.2) is 17.2 Å².